The highest BCUT2D eigenvalue weighted by Crippen LogP contribution is 2.22. The van der Waals surface area contributed by atoms with E-state index in [-0.39, 0.29) is 11.9 Å². The fourth-order valence-corrected chi connectivity index (χ4v) is 3.49. The lowest BCUT2D eigenvalue weighted by Gasteiger charge is -2.32. The number of anilines is 1. The summed E-state index contributed by atoms with van der Waals surface area (Å²) < 4.78 is 5.31. The van der Waals surface area contributed by atoms with Gasteiger partial charge in [0.25, 0.3) is 5.91 Å². The van der Waals surface area contributed by atoms with Gasteiger partial charge in [0.05, 0.1) is 24.5 Å². The number of benzene rings is 1. The number of hydrogen-bond donors (Lipinski definition) is 1. The van der Waals surface area contributed by atoms with Crippen molar-refractivity contribution in [2.45, 2.75) is 26.2 Å². The van der Waals surface area contributed by atoms with Crippen molar-refractivity contribution in [1.29, 1.82) is 0 Å². The van der Waals surface area contributed by atoms with Gasteiger partial charge in [-0.25, -0.2) is 4.79 Å². The van der Waals surface area contributed by atoms with E-state index in [1.807, 2.05) is 17.0 Å². The fourth-order valence-electron chi connectivity index (χ4n) is 3.49. The third-order valence-corrected chi connectivity index (χ3v) is 5.08. The largest absolute Gasteiger partial charge is 0.378 e. The van der Waals surface area contributed by atoms with Crippen LogP contribution in [0.2, 0.25) is 0 Å². The van der Waals surface area contributed by atoms with Crippen LogP contribution in [0.3, 0.4) is 0 Å². The molecule has 6 heteroatoms. The summed E-state index contributed by atoms with van der Waals surface area (Å²) in [7, 11) is 0. The third kappa shape index (κ3) is 4.31. The van der Waals surface area contributed by atoms with Gasteiger partial charge in [0.2, 0.25) is 0 Å². The molecule has 1 atom stereocenters. The van der Waals surface area contributed by atoms with Crippen molar-refractivity contribution in [3.8, 4) is 0 Å². The lowest BCUT2D eigenvalue weighted by Crippen LogP contribution is -2.43. The van der Waals surface area contributed by atoms with Gasteiger partial charge in [0.1, 0.15) is 0 Å². The average Bonchev–Trinajstić information content (AvgIpc) is 2.68. The van der Waals surface area contributed by atoms with Crippen molar-refractivity contribution in [3.63, 3.8) is 0 Å². The van der Waals surface area contributed by atoms with E-state index >= 15 is 0 Å². The number of para-hydroxylation sites is 1. The van der Waals surface area contributed by atoms with Crippen LogP contribution in [-0.4, -0.2) is 61.1 Å². The maximum Gasteiger partial charge on any atom is 0.321 e. The number of likely N-dealkylation sites (tertiary alicyclic amines) is 1. The fraction of sp³-hybridized carbons (Fsp3) is 0.579. The minimum Gasteiger partial charge on any atom is -0.378 e. The predicted octanol–water partition coefficient (Wildman–Crippen LogP) is 2.81. The Morgan fingerprint density at radius 3 is 2.68 bits per heavy atom. The van der Waals surface area contributed by atoms with Crippen LogP contribution in [0.15, 0.2) is 24.3 Å². The van der Waals surface area contributed by atoms with Gasteiger partial charge in [-0.05, 0) is 30.9 Å². The highest BCUT2D eigenvalue weighted by Gasteiger charge is 2.25. The zero-order valence-corrected chi connectivity index (χ0v) is 14.9. The van der Waals surface area contributed by atoms with E-state index in [0.29, 0.717) is 43.5 Å². The molecule has 25 heavy (non-hydrogen) atoms. The highest BCUT2D eigenvalue weighted by molar-refractivity contribution is 6.03. The van der Waals surface area contributed by atoms with Crippen molar-refractivity contribution in [2.24, 2.45) is 5.92 Å². The van der Waals surface area contributed by atoms with Crippen LogP contribution in [0.25, 0.3) is 0 Å². The first-order valence-corrected chi connectivity index (χ1v) is 9.21. The standard InChI is InChI=1S/C19H27N3O3/c1-2-15-6-5-9-22(14-15)19(24)20-17-8-4-3-7-16(17)18(23)21-10-12-25-13-11-21/h3-4,7-8,15H,2,5-6,9-14H2,1H3,(H,20,24)/t15-/m1/s1. The summed E-state index contributed by atoms with van der Waals surface area (Å²) >= 11 is 0. The molecule has 1 aromatic carbocycles. The Hall–Kier alpha value is -2.08. The highest BCUT2D eigenvalue weighted by atomic mass is 16.5. The molecule has 1 N–H and O–H groups in total. The second-order valence-corrected chi connectivity index (χ2v) is 6.74. The topological polar surface area (TPSA) is 61.9 Å². The Morgan fingerprint density at radius 1 is 1.16 bits per heavy atom. The van der Waals surface area contributed by atoms with Gasteiger partial charge in [0, 0.05) is 26.2 Å². The van der Waals surface area contributed by atoms with E-state index in [2.05, 4.69) is 12.2 Å². The van der Waals surface area contributed by atoms with Gasteiger partial charge in [-0.2, -0.15) is 0 Å². The number of ether oxygens (including phenoxy) is 1. The monoisotopic (exact) mass is 345 g/mol. The molecule has 3 rings (SSSR count). The molecule has 136 valence electrons. The Bertz CT molecular complexity index is 614. The van der Waals surface area contributed by atoms with Gasteiger partial charge in [0.15, 0.2) is 0 Å². The molecule has 1 aromatic rings. The zero-order chi connectivity index (χ0) is 17.6. The molecule has 2 fully saturated rings. The van der Waals surface area contributed by atoms with Gasteiger partial charge in [-0.15, -0.1) is 0 Å². The molecule has 2 saturated heterocycles. The molecule has 0 bridgehead atoms. The second kappa shape index (κ2) is 8.34. The molecule has 0 aromatic heterocycles. The number of nitrogens with zero attached hydrogens (tertiary/aromatic N) is 2. The van der Waals surface area contributed by atoms with Gasteiger partial charge in [-0.1, -0.05) is 25.5 Å². The lowest BCUT2D eigenvalue weighted by atomic mass is 9.96. The van der Waals surface area contributed by atoms with Crippen molar-refractivity contribution in [1.82, 2.24) is 9.80 Å². The van der Waals surface area contributed by atoms with Gasteiger partial charge < -0.3 is 19.9 Å². The van der Waals surface area contributed by atoms with E-state index in [1.165, 1.54) is 6.42 Å². The third-order valence-electron chi connectivity index (χ3n) is 5.08. The number of carbonyl (C=O) groups is 2. The summed E-state index contributed by atoms with van der Waals surface area (Å²) in [6, 6.07) is 7.14. The number of hydrogen-bond acceptors (Lipinski definition) is 3. The normalized spacial score (nSPS) is 21.1. The lowest BCUT2D eigenvalue weighted by molar-refractivity contribution is 0.0303. The van der Waals surface area contributed by atoms with E-state index in [0.717, 1.165) is 25.9 Å². The number of carbonyl (C=O) groups excluding carboxylic acids is 2. The molecular weight excluding hydrogens is 318 g/mol. The molecule has 3 amide bonds. The van der Waals surface area contributed by atoms with E-state index in [1.54, 1.807) is 17.0 Å². The summed E-state index contributed by atoms with van der Waals surface area (Å²) in [6.45, 7) is 6.04. The zero-order valence-electron chi connectivity index (χ0n) is 14.9. The van der Waals surface area contributed by atoms with Crippen molar-refractivity contribution in [2.75, 3.05) is 44.7 Å². The summed E-state index contributed by atoms with van der Waals surface area (Å²) in [4.78, 5) is 29.1. The first-order chi connectivity index (χ1) is 12.2. The molecule has 2 aliphatic rings. The molecular formula is C19H27N3O3. The smallest absolute Gasteiger partial charge is 0.321 e. The van der Waals surface area contributed by atoms with Crippen LogP contribution in [0.5, 0.6) is 0 Å². The Balaban J connectivity index is 1.70. The summed E-state index contributed by atoms with van der Waals surface area (Å²) in [6.07, 6.45) is 3.32. The van der Waals surface area contributed by atoms with Crippen LogP contribution in [0, 0.1) is 5.92 Å². The summed E-state index contributed by atoms with van der Waals surface area (Å²) in [5.74, 6) is 0.522. The molecule has 0 radical (unpaired) electrons. The number of amides is 3. The first-order valence-electron chi connectivity index (χ1n) is 9.21. The van der Waals surface area contributed by atoms with Crippen LogP contribution < -0.4 is 5.32 Å². The van der Waals surface area contributed by atoms with Gasteiger partial charge in [-0.3, -0.25) is 4.79 Å². The summed E-state index contributed by atoms with van der Waals surface area (Å²) in [5, 5.41) is 2.95. The maximum atomic E-state index is 12.8. The number of nitrogens with one attached hydrogen (secondary N) is 1. The SMILES string of the molecule is CC[C@@H]1CCCN(C(=O)Nc2ccccc2C(=O)N2CCOCC2)C1. The second-order valence-electron chi connectivity index (χ2n) is 6.74. The Morgan fingerprint density at radius 2 is 1.92 bits per heavy atom. The number of urea groups is 1. The number of morpholine rings is 1. The Kier molecular flexibility index (Phi) is 5.91. The Labute approximate surface area is 149 Å². The first kappa shape index (κ1) is 17.7. The molecule has 0 spiro atoms. The maximum absolute atomic E-state index is 12.8. The molecule has 2 heterocycles. The van der Waals surface area contributed by atoms with Crippen molar-refractivity contribution < 1.29 is 14.3 Å². The van der Waals surface area contributed by atoms with E-state index < -0.39 is 0 Å². The van der Waals surface area contributed by atoms with Crippen molar-refractivity contribution >= 4 is 17.6 Å². The molecule has 0 unspecified atom stereocenters. The van der Waals surface area contributed by atoms with Crippen molar-refractivity contribution in [3.05, 3.63) is 29.8 Å². The van der Waals surface area contributed by atoms with E-state index in [4.69, 9.17) is 4.74 Å². The van der Waals surface area contributed by atoms with Crippen LogP contribution in [-0.2, 0) is 4.74 Å². The summed E-state index contributed by atoms with van der Waals surface area (Å²) in [5.41, 5.74) is 1.13. The quantitative estimate of drug-likeness (QED) is 0.916. The molecule has 2 aliphatic heterocycles. The average molecular weight is 345 g/mol. The van der Waals surface area contributed by atoms with Crippen LogP contribution in [0.4, 0.5) is 10.5 Å². The molecule has 6 nitrogen and oxygen atoms in total. The van der Waals surface area contributed by atoms with Crippen LogP contribution >= 0.6 is 0 Å². The number of piperidine rings is 1. The molecule has 0 aliphatic carbocycles. The molecule has 0 saturated carbocycles. The predicted molar refractivity (Wildman–Crippen MR) is 96.8 cm³/mol. The van der Waals surface area contributed by atoms with Gasteiger partial charge >= 0.3 is 6.03 Å². The van der Waals surface area contributed by atoms with E-state index in [9.17, 15) is 9.59 Å². The minimum atomic E-state index is -0.111. The minimum absolute atomic E-state index is 0.0516. The van der Waals surface area contributed by atoms with Crippen LogP contribution in [0.1, 0.15) is 36.5 Å². The number of rotatable bonds is 3.